The van der Waals surface area contributed by atoms with Gasteiger partial charge in [0.05, 0.1) is 16.7 Å². The Kier molecular flexibility index (Phi) is 11.0. The predicted octanol–water partition coefficient (Wildman–Crippen LogP) is 7.52. The molecule has 12 heteroatoms. The molecular weight excluding hydrogens is 679 g/mol. The first-order chi connectivity index (χ1) is 25.0. The number of benzene rings is 3. The normalized spacial score (nSPS) is 12.2. The van der Waals surface area contributed by atoms with E-state index >= 15 is 0 Å². The second-order valence-corrected chi connectivity index (χ2v) is 14.1. The van der Waals surface area contributed by atoms with Gasteiger partial charge in [0.2, 0.25) is 5.95 Å². The number of rotatable bonds is 13. The lowest BCUT2D eigenvalue weighted by Gasteiger charge is -2.27. The fourth-order valence-electron chi connectivity index (χ4n) is 6.19. The Morgan fingerprint density at radius 1 is 0.750 bits per heavy atom. The third-order valence-electron chi connectivity index (χ3n) is 9.05. The van der Waals surface area contributed by atoms with Crippen molar-refractivity contribution in [3.05, 3.63) is 135 Å². The predicted molar refractivity (Wildman–Crippen MR) is 201 cm³/mol. The summed E-state index contributed by atoms with van der Waals surface area (Å²) in [4.78, 5) is 61.5. The van der Waals surface area contributed by atoms with Gasteiger partial charge in [0.15, 0.2) is 0 Å². The number of carbonyl (C=O) groups is 4. The van der Waals surface area contributed by atoms with Crippen LogP contribution in [-0.2, 0) is 32.2 Å². The fourth-order valence-corrected chi connectivity index (χ4v) is 7.47. The number of thiophene rings is 1. The maximum atomic E-state index is 13.8. The van der Waals surface area contributed by atoms with Crippen LogP contribution in [-0.4, -0.2) is 50.0 Å². The summed E-state index contributed by atoms with van der Waals surface area (Å²) in [6, 6.07) is 21.8. The first kappa shape index (κ1) is 35.9. The molecule has 1 aliphatic rings. The molecule has 0 spiro atoms. The molecule has 0 fully saturated rings. The van der Waals surface area contributed by atoms with Crippen LogP contribution in [0.1, 0.15) is 95.3 Å². The summed E-state index contributed by atoms with van der Waals surface area (Å²) in [6.07, 6.45) is 7.72. The summed E-state index contributed by atoms with van der Waals surface area (Å²) >= 11 is 1.46. The lowest BCUT2D eigenvalue weighted by molar-refractivity contribution is 0.0685. The van der Waals surface area contributed by atoms with E-state index in [9.17, 15) is 24.3 Å². The minimum absolute atomic E-state index is 0.00289. The van der Waals surface area contributed by atoms with Gasteiger partial charge in [-0.1, -0.05) is 36.4 Å². The highest BCUT2D eigenvalue weighted by Gasteiger charge is 2.27. The highest BCUT2D eigenvalue weighted by molar-refractivity contribution is 7.17. The van der Waals surface area contributed by atoms with Crippen molar-refractivity contribution in [2.75, 3.05) is 15.5 Å². The van der Waals surface area contributed by atoms with Gasteiger partial charge in [-0.3, -0.25) is 9.59 Å². The maximum absolute atomic E-state index is 13.8. The van der Waals surface area contributed by atoms with Gasteiger partial charge in [0.1, 0.15) is 5.00 Å². The number of aromatic carboxylic acids is 2. The quantitative estimate of drug-likeness (QED) is 0.0965. The van der Waals surface area contributed by atoms with Gasteiger partial charge in [0, 0.05) is 41.1 Å². The summed E-state index contributed by atoms with van der Waals surface area (Å²) < 4.78 is 0. The summed E-state index contributed by atoms with van der Waals surface area (Å²) in [5, 5.41) is 25.0. The molecular formula is C40H39N5O6S. The van der Waals surface area contributed by atoms with E-state index in [1.165, 1.54) is 23.7 Å². The van der Waals surface area contributed by atoms with Crippen LogP contribution in [0.2, 0.25) is 0 Å². The van der Waals surface area contributed by atoms with Crippen LogP contribution in [0.25, 0.3) is 0 Å². The van der Waals surface area contributed by atoms with Crippen LogP contribution in [0.15, 0.2) is 85.2 Å². The van der Waals surface area contributed by atoms with E-state index in [2.05, 4.69) is 20.6 Å². The second kappa shape index (κ2) is 16.0. The molecule has 52 heavy (non-hydrogen) atoms. The zero-order chi connectivity index (χ0) is 36.8. The first-order valence-corrected chi connectivity index (χ1v) is 18.0. The number of fused-ring (bicyclic) bond motifs is 1. The molecule has 1 aliphatic carbocycles. The topological polar surface area (TPSA) is 162 Å². The van der Waals surface area contributed by atoms with E-state index in [0.717, 1.165) is 65.7 Å². The Morgan fingerprint density at radius 3 is 2.02 bits per heavy atom. The Morgan fingerprint density at radius 2 is 1.38 bits per heavy atom. The van der Waals surface area contributed by atoms with Crippen LogP contribution >= 0.6 is 11.3 Å². The fraction of sp³-hybridized carbons (Fsp3) is 0.250. The van der Waals surface area contributed by atoms with Gasteiger partial charge in [-0.05, 0) is 111 Å². The molecule has 0 aliphatic heterocycles. The molecule has 2 aromatic heterocycles. The molecule has 4 N–H and O–H groups in total. The summed E-state index contributed by atoms with van der Waals surface area (Å²) in [5.41, 5.74) is 5.82. The number of aryl methyl sites for hydroxylation is 3. The van der Waals surface area contributed by atoms with Crippen molar-refractivity contribution in [3.63, 3.8) is 0 Å². The SMILES string of the molecule is CC(C)N(Cc1cccc(C(=O)Nc2sc3c(c2C(=O)Nc2ccc(CCc4ccc(C(=O)O)cc4)cc2)CCCC3)c1)c1ncc(C(=O)O)cn1. The van der Waals surface area contributed by atoms with E-state index in [4.69, 9.17) is 5.11 Å². The molecule has 6 rings (SSSR count). The van der Waals surface area contributed by atoms with Crippen LogP contribution in [0.5, 0.6) is 0 Å². The Balaban J connectivity index is 1.14. The highest BCUT2D eigenvalue weighted by Crippen LogP contribution is 2.39. The van der Waals surface area contributed by atoms with E-state index < -0.39 is 11.9 Å². The number of carboxylic acid groups (broad SMARTS) is 2. The summed E-state index contributed by atoms with van der Waals surface area (Å²) in [6.45, 7) is 4.36. The van der Waals surface area contributed by atoms with Gasteiger partial charge in [-0.2, -0.15) is 0 Å². The van der Waals surface area contributed by atoms with Gasteiger partial charge in [-0.15, -0.1) is 11.3 Å². The molecule has 0 saturated heterocycles. The standard InChI is InChI=1S/C40H39N5O6S/c1-24(2)45(40-41-21-30(22-42-40)39(50)51)23-27-6-5-7-29(20-27)35(46)44-37-34(32-8-3-4-9-33(32)52-37)36(47)43-31-18-14-26(15-19-31)11-10-25-12-16-28(17-13-25)38(48)49/h5-7,12-22,24H,3-4,8-11,23H2,1-2H3,(H,43,47)(H,44,46)(H,48,49)(H,50,51). The van der Waals surface area contributed by atoms with Crippen LogP contribution in [0.3, 0.4) is 0 Å². The van der Waals surface area contributed by atoms with E-state index in [1.54, 1.807) is 24.3 Å². The smallest absolute Gasteiger partial charge is 0.338 e. The molecule has 0 saturated carbocycles. The van der Waals surface area contributed by atoms with Crippen molar-refractivity contribution >= 4 is 51.7 Å². The van der Waals surface area contributed by atoms with Crippen molar-refractivity contribution in [1.29, 1.82) is 0 Å². The highest BCUT2D eigenvalue weighted by atomic mass is 32.1. The van der Waals surface area contributed by atoms with Crippen molar-refractivity contribution in [2.24, 2.45) is 0 Å². The van der Waals surface area contributed by atoms with Crippen molar-refractivity contribution < 1.29 is 29.4 Å². The molecule has 3 aromatic carbocycles. The number of carbonyl (C=O) groups excluding carboxylic acids is 2. The number of aromatic nitrogens is 2. The van der Waals surface area contributed by atoms with E-state index in [0.29, 0.717) is 34.3 Å². The van der Waals surface area contributed by atoms with Gasteiger partial charge >= 0.3 is 11.9 Å². The molecule has 0 unspecified atom stereocenters. The van der Waals surface area contributed by atoms with Crippen LogP contribution in [0, 0.1) is 0 Å². The minimum Gasteiger partial charge on any atom is -0.478 e. The first-order valence-electron chi connectivity index (χ1n) is 17.1. The molecule has 0 radical (unpaired) electrons. The third kappa shape index (κ3) is 8.52. The van der Waals surface area contributed by atoms with Crippen molar-refractivity contribution in [2.45, 2.75) is 65.0 Å². The van der Waals surface area contributed by atoms with E-state index in [1.807, 2.05) is 67.3 Å². The van der Waals surface area contributed by atoms with Gasteiger partial charge < -0.3 is 25.7 Å². The van der Waals surface area contributed by atoms with Crippen LogP contribution < -0.4 is 15.5 Å². The summed E-state index contributed by atoms with van der Waals surface area (Å²) in [7, 11) is 0. The number of hydrogen-bond donors (Lipinski definition) is 4. The number of carboxylic acids is 2. The third-order valence-corrected chi connectivity index (χ3v) is 10.3. The van der Waals surface area contributed by atoms with Crippen molar-refractivity contribution in [1.82, 2.24) is 9.97 Å². The molecule has 11 nitrogen and oxygen atoms in total. The Labute approximate surface area is 305 Å². The minimum atomic E-state index is -1.10. The molecule has 2 heterocycles. The molecule has 5 aromatic rings. The van der Waals surface area contributed by atoms with Gasteiger partial charge in [-0.25, -0.2) is 19.6 Å². The second-order valence-electron chi connectivity index (χ2n) is 13.0. The number of nitrogens with zero attached hydrogens (tertiary/aromatic N) is 3. The number of nitrogens with one attached hydrogen (secondary N) is 2. The number of anilines is 3. The van der Waals surface area contributed by atoms with Gasteiger partial charge in [0.25, 0.3) is 11.8 Å². The number of hydrogen-bond acceptors (Lipinski definition) is 8. The maximum Gasteiger partial charge on any atom is 0.338 e. The molecule has 2 amide bonds. The Bertz CT molecular complexity index is 2090. The Hall–Kier alpha value is -5.88. The lowest BCUT2D eigenvalue weighted by atomic mass is 9.95. The lowest BCUT2D eigenvalue weighted by Crippen LogP contribution is -2.32. The zero-order valence-corrected chi connectivity index (χ0v) is 29.7. The zero-order valence-electron chi connectivity index (χ0n) is 28.9. The molecule has 0 bridgehead atoms. The average molecular weight is 718 g/mol. The van der Waals surface area contributed by atoms with Crippen LogP contribution in [0.4, 0.5) is 16.6 Å². The number of amides is 2. The summed E-state index contributed by atoms with van der Waals surface area (Å²) in [5.74, 6) is -2.25. The van der Waals surface area contributed by atoms with E-state index in [-0.39, 0.29) is 29.0 Å². The monoisotopic (exact) mass is 717 g/mol. The molecule has 0 atom stereocenters. The largest absolute Gasteiger partial charge is 0.478 e. The van der Waals surface area contributed by atoms with Crippen molar-refractivity contribution in [3.8, 4) is 0 Å². The average Bonchev–Trinajstić information content (AvgIpc) is 3.51. The molecule has 266 valence electrons.